The molecule has 0 fully saturated rings. The zero-order valence-corrected chi connectivity index (χ0v) is 11.0. The van der Waals surface area contributed by atoms with Gasteiger partial charge in [-0.1, -0.05) is 25.4 Å². The Balaban J connectivity index is 2.20. The van der Waals surface area contributed by atoms with Crippen LogP contribution in [0.2, 0.25) is 5.02 Å². The molecule has 17 heavy (non-hydrogen) atoms. The minimum absolute atomic E-state index is 0.449. The fourth-order valence-corrected chi connectivity index (χ4v) is 2.00. The first kappa shape index (κ1) is 12.5. The highest BCUT2D eigenvalue weighted by molar-refractivity contribution is 6.32. The molecule has 3 nitrogen and oxygen atoms in total. The van der Waals surface area contributed by atoms with Crippen molar-refractivity contribution in [2.75, 3.05) is 13.2 Å². The lowest BCUT2D eigenvalue weighted by atomic mass is 10.2. The molecule has 0 saturated carbocycles. The van der Waals surface area contributed by atoms with Crippen LogP contribution in [0.3, 0.4) is 0 Å². The average molecular weight is 256 g/mol. The topological polar surface area (TPSA) is 30.5 Å². The van der Waals surface area contributed by atoms with Crippen LogP contribution < -0.4 is 14.8 Å². The Labute approximate surface area is 107 Å². The van der Waals surface area contributed by atoms with Gasteiger partial charge in [-0.3, -0.25) is 0 Å². The number of halogens is 1. The molecule has 0 amide bonds. The SMILES string of the molecule is CC(C)NCc1cc(Cl)c2c(c1)OCCCO2. The maximum absolute atomic E-state index is 6.20. The van der Waals surface area contributed by atoms with E-state index in [1.807, 2.05) is 12.1 Å². The number of fused-ring (bicyclic) bond motifs is 1. The van der Waals surface area contributed by atoms with Gasteiger partial charge in [0.15, 0.2) is 11.5 Å². The average Bonchev–Trinajstić information content (AvgIpc) is 2.51. The van der Waals surface area contributed by atoms with E-state index >= 15 is 0 Å². The third-order valence-electron chi connectivity index (χ3n) is 2.58. The van der Waals surface area contributed by atoms with Gasteiger partial charge in [0.05, 0.1) is 18.2 Å². The normalized spacial score (nSPS) is 14.8. The van der Waals surface area contributed by atoms with Crippen molar-refractivity contribution in [3.63, 3.8) is 0 Å². The van der Waals surface area contributed by atoms with Gasteiger partial charge in [-0.25, -0.2) is 0 Å². The molecule has 0 radical (unpaired) electrons. The van der Waals surface area contributed by atoms with Crippen LogP contribution in [0.1, 0.15) is 25.8 Å². The van der Waals surface area contributed by atoms with Gasteiger partial charge in [-0.2, -0.15) is 0 Å². The van der Waals surface area contributed by atoms with E-state index in [9.17, 15) is 0 Å². The highest BCUT2D eigenvalue weighted by Crippen LogP contribution is 2.37. The molecule has 1 heterocycles. The van der Waals surface area contributed by atoms with E-state index in [1.54, 1.807) is 0 Å². The predicted molar refractivity (Wildman–Crippen MR) is 69.0 cm³/mol. The van der Waals surface area contributed by atoms with Crippen molar-refractivity contribution in [2.45, 2.75) is 32.9 Å². The summed E-state index contributed by atoms with van der Waals surface area (Å²) in [4.78, 5) is 0. The lowest BCUT2D eigenvalue weighted by Gasteiger charge is -2.13. The molecule has 4 heteroatoms. The molecule has 2 rings (SSSR count). The van der Waals surface area contributed by atoms with Crippen molar-refractivity contribution in [1.29, 1.82) is 0 Å². The molecular weight excluding hydrogens is 238 g/mol. The largest absolute Gasteiger partial charge is 0.489 e. The summed E-state index contributed by atoms with van der Waals surface area (Å²) in [6.07, 6.45) is 0.893. The van der Waals surface area contributed by atoms with Gasteiger partial charge >= 0.3 is 0 Å². The standard InChI is InChI=1S/C13H18ClNO2/c1-9(2)15-8-10-6-11(14)13-12(7-10)16-4-3-5-17-13/h6-7,9,15H,3-5,8H2,1-2H3. The van der Waals surface area contributed by atoms with E-state index in [0.717, 1.165) is 24.3 Å². The van der Waals surface area contributed by atoms with E-state index in [2.05, 4.69) is 19.2 Å². The van der Waals surface area contributed by atoms with Crippen molar-refractivity contribution in [3.8, 4) is 11.5 Å². The number of ether oxygens (including phenoxy) is 2. The van der Waals surface area contributed by atoms with Crippen LogP contribution in [0.25, 0.3) is 0 Å². The van der Waals surface area contributed by atoms with Crippen LogP contribution in [-0.2, 0) is 6.54 Å². The summed E-state index contributed by atoms with van der Waals surface area (Å²) < 4.78 is 11.2. The number of rotatable bonds is 3. The number of hydrogen-bond donors (Lipinski definition) is 1. The van der Waals surface area contributed by atoms with Gasteiger partial charge < -0.3 is 14.8 Å². The van der Waals surface area contributed by atoms with Crippen molar-refractivity contribution in [3.05, 3.63) is 22.7 Å². The van der Waals surface area contributed by atoms with E-state index in [-0.39, 0.29) is 0 Å². The third-order valence-corrected chi connectivity index (χ3v) is 2.86. The lowest BCUT2D eigenvalue weighted by molar-refractivity contribution is 0.297. The number of nitrogens with one attached hydrogen (secondary N) is 1. The Morgan fingerprint density at radius 1 is 1.29 bits per heavy atom. The molecule has 0 bridgehead atoms. The van der Waals surface area contributed by atoms with E-state index in [4.69, 9.17) is 21.1 Å². The molecule has 0 atom stereocenters. The monoisotopic (exact) mass is 255 g/mol. The molecule has 1 aromatic carbocycles. The van der Waals surface area contributed by atoms with Gasteiger partial charge in [0.25, 0.3) is 0 Å². The highest BCUT2D eigenvalue weighted by atomic mass is 35.5. The molecular formula is C13H18ClNO2. The van der Waals surface area contributed by atoms with Gasteiger partial charge in [-0.15, -0.1) is 0 Å². The molecule has 94 valence electrons. The first-order valence-corrected chi connectivity index (χ1v) is 6.36. The minimum Gasteiger partial charge on any atom is -0.489 e. The van der Waals surface area contributed by atoms with Crippen molar-refractivity contribution < 1.29 is 9.47 Å². The second-order valence-corrected chi connectivity index (χ2v) is 4.90. The molecule has 1 N–H and O–H groups in total. The van der Waals surface area contributed by atoms with Crippen molar-refractivity contribution in [1.82, 2.24) is 5.32 Å². The van der Waals surface area contributed by atoms with Crippen LogP contribution in [0, 0.1) is 0 Å². The molecule has 1 aliphatic rings. The Hall–Kier alpha value is -0.930. The smallest absolute Gasteiger partial charge is 0.179 e. The fourth-order valence-electron chi connectivity index (χ4n) is 1.71. The summed E-state index contributed by atoms with van der Waals surface area (Å²) in [6.45, 7) is 6.37. The quantitative estimate of drug-likeness (QED) is 0.901. The first-order chi connectivity index (χ1) is 8.16. The van der Waals surface area contributed by atoms with Crippen LogP contribution in [0.5, 0.6) is 11.5 Å². The summed E-state index contributed by atoms with van der Waals surface area (Å²) in [5.74, 6) is 1.44. The predicted octanol–water partition coefficient (Wildman–Crippen LogP) is 3.00. The highest BCUT2D eigenvalue weighted by Gasteiger charge is 2.15. The van der Waals surface area contributed by atoms with Gasteiger partial charge in [-0.05, 0) is 17.7 Å². The minimum atomic E-state index is 0.449. The number of hydrogen-bond acceptors (Lipinski definition) is 3. The molecule has 1 aromatic rings. The van der Waals surface area contributed by atoms with Crippen LogP contribution in [-0.4, -0.2) is 19.3 Å². The lowest BCUT2D eigenvalue weighted by Crippen LogP contribution is -2.21. The zero-order valence-electron chi connectivity index (χ0n) is 10.3. The molecule has 1 aliphatic heterocycles. The Kier molecular flexibility index (Phi) is 4.13. The van der Waals surface area contributed by atoms with E-state index in [0.29, 0.717) is 30.0 Å². The third kappa shape index (κ3) is 3.27. The zero-order chi connectivity index (χ0) is 12.3. The summed E-state index contributed by atoms with van der Waals surface area (Å²) >= 11 is 6.20. The molecule has 0 unspecified atom stereocenters. The molecule has 0 spiro atoms. The Morgan fingerprint density at radius 2 is 2.06 bits per heavy atom. The fraction of sp³-hybridized carbons (Fsp3) is 0.538. The summed E-state index contributed by atoms with van der Waals surface area (Å²) in [5.41, 5.74) is 1.12. The van der Waals surface area contributed by atoms with Crippen LogP contribution in [0.4, 0.5) is 0 Å². The van der Waals surface area contributed by atoms with Crippen molar-refractivity contribution >= 4 is 11.6 Å². The first-order valence-electron chi connectivity index (χ1n) is 5.98. The maximum Gasteiger partial charge on any atom is 0.179 e. The number of benzene rings is 1. The molecule has 0 saturated heterocycles. The second-order valence-electron chi connectivity index (χ2n) is 4.49. The van der Waals surface area contributed by atoms with Crippen molar-refractivity contribution in [2.24, 2.45) is 0 Å². The van der Waals surface area contributed by atoms with Gasteiger partial charge in [0.1, 0.15) is 0 Å². The second kappa shape index (κ2) is 5.61. The van der Waals surface area contributed by atoms with Crippen LogP contribution >= 0.6 is 11.6 Å². The molecule has 0 aliphatic carbocycles. The van der Waals surface area contributed by atoms with E-state index < -0.39 is 0 Å². The Bertz CT molecular complexity index is 393. The molecule has 0 aromatic heterocycles. The van der Waals surface area contributed by atoms with Crippen LogP contribution in [0.15, 0.2) is 12.1 Å². The maximum atomic E-state index is 6.20. The van der Waals surface area contributed by atoms with Gasteiger partial charge in [0, 0.05) is 19.0 Å². The summed E-state index contributed by atoms with van der Waals surface area (Å²) in [7, 11) is 0. The van der Waals surface area contributed by atoms with E-state index in [1.165, 1.54) is 0 Å². The summed E-state index contributed by atoms with van der Waals surface area (Å²) in [5, 5.41) is 3.99. The van der Waals surface area contributed by atoms with Gasteiger partial charge in [0.2, 0.25) is 0 Å². The Morgan fingerprint density at radius 3 is 2.82 bits per heavy atom. The summed E-state index contributed by atoms with van der Waals surface area (Å²) in [6, 6.07) is 4.39.